The van der Waals surface area contributed by atoms with E-state index in [1.165, 1.54) is 198 Å². The Morgan fingerprint density at radius 3 is 0.695 bits per heavy atom. The monoisotopic (exact) mass is 1210 g/mol. The Kier molecular flexibility index (Phi) is 11.8. The third-order valence-electron chi connectivity index (χ3n) is 22.6. The van der Waals surface area contributed by atoms with Gasteiger partial charge >= 0.3 is 0 Å². The first-order chi connectivity index (χ1) is 46.4. The number of benzene rings is 16. The molecular weight excluding hydrogens is 1150 g/mol. The van der Waals surface area contributed by atoms with Crippen LogP contribution in [0.15, 0.2) is 285 Å². The van der Waals surface area contributed by atoms with E-state index >= 15 is 0 Å². The maximum Gasteiger partial charge on any atom is 0.118 e. The molecule has 0 bridgehead atoms. The Labute approximate surface area is 555 Å². The van der Waals surface area contributed by atoms with E-state index in [1.807, 2.05) is 0 Å². The van der Waals surface area contributed by atoms with Crippen LogP contribution in [0.3, 0.4) is 0 Å². The predicted molar refractivity (Wildman–Crippen MR) is 403 cm³/mol. The van der Waals surface area contributed by atoms with Crippen molar-refractivity contribution in [3.8, 4) is 106 Å². The zero-order valence-electron chi connectivity index (χ0n) is 54.5. The maximum atomic E-state index is 5.58. The highest BCUT2D eigenvalue weighted by molar-refractivity contribution is 6.30. The van der Waals surface area contributed by atoms with Gasteiger partial charge in [0.05, 0.1) is 7.11 Å². The van der Waals surface area contributed by atoms with Gasteiger partial charge in [0.15, 0.2) is 0 Å². The summed E-state index contributed by atoms with van der Waals surface area (Å²) in [7, 11) is 1.73. The summed E-state index contributed by atoms with van der Waals surface area (Å²) in [6.45, 7) is 14.5. The lowest BCUT2D eigenvalue weighted by atomic mass is 9.78. The van der Waals surface area contributed by atoms with Crippen molar-refractivity contribution in [3.63, 3.8) is 0 Å². The Morgan fingerprint density at radius 1 is 0.189 bits per heavy atom. The predicted octanol–water partition coefficient (Wildman–Crippen LogP) is 25.5. The Balaban J connectivity index is 0.691. The first-order valence-electron chi connectivity index (χ1n) is 33.7. The van der Waals surface area contributed by atoms with Gasteiger partial charge in [-0.3, -0.25) is 0 Å². The fraction of sp³-hybridized carbons (Fsp3) is 0.106. The van der Waals surface area contributed by atoms with Gasteiger partial charge in [-0.2, -0.15) is 0 Å². The normalized spacial score (nSPS) is 14.3. The van der Waals surface area contributed by atoms with E-state index in [-0.39, 0.29) is 16.2 Å². The number of ether oxygens (including phenoxy) is 1. The fourth-order valence-electron chi connectivity index (χ4n) is 17.9. The van der Waals surface area contributed by atoms with E-state index in [2.05, 4.69) is 327 Å². The zero-order valence-corrected chi connectivity index (χ0v) is 54.5. The standard InChI is InChI=1S/C94H68O/c1-92(2)80-35-21-20-22-62(80)63-47-40-58(52-83(63)92)88-72-27-12-16-31-76(72)90(77-32-17-13-28-73(77)88)91-78-33-18-14-29-74(78)89(75-30-15-19-34-79(75)91)60-42-49-67-65-46-39-57(51-82(65)94(5,6)85(67)54-60)56-38-45-64-66-48-41-59(53-84(66)93(3,4)81(64)50-56)87-70-25-10-8-23-68(70)86(69-24-9-11-26-71(69)87)55-36-43-61(95-7)44-37-55/h8-54H,1-7H3. The SMILES string of the molecule is COc1ccc(-c2c3ccccc3c(-c3ccc4c(c3)C(C)(C)c3cc(-c5ccc6c(c5)C(C)(C)c5cc(-c7c8ccccc8c(-c8c9ccccc9c(-c9ccc%10c(c9)C(C)(C)c9ccccc9-%10)c9ccccc89)c8ccccc78)ccc5-6)ccc3-4)c3ccccc23)cc1. The van der Waals surface area contributed by atoms with Gasteiger partial charge in [-0.05, 0) is 241 Å². The highest BCUT2D eigenvalue weighted by Crippen LogP contribution is 2.57. The van der Waals surface area contributed by atoms with Crippen molar-refractivity contribution in [2.75, 3.05) is 7.11 Å². The molecule has 0 amide bonds. The minimum Gasteiger partial charge on any atom is -0.497 e. The molecule has 0 unspecified atom stereocenters. The van der Waals surface area contributed by atoms with Crippen molar-refractivity contribution in [1.82, 2.24) is 0 Å². The smallest absolute Gasteiger partial charge is 0.118 e. The van der Waals surface area contributed by atoms with E-state index in [4.69, 9.17) is 4.74 Å². The Morgan fingerprint density at radius 2 is 0.400 bits per heavy atom. The third kappa shape index (κ3) is 7.85. The van der Waals surface area contributed by atoms with Crippen LogP contribution < -0.4 is 4.74 Å². The van der Waals surface area contributed by atoms with E-state index < -0.39 is 0 Å². The molecule has 0 heterocycles. The highest BCUT2D eigenvalue weighted by atomic mass is 16.5. The van der Waals surface area contributed by atoms with Crippen LogP contribution in [-0.4, -0.2) is 7.11 Å². The molecule has 1 heteroatoms. The van der Waals surface area contributed by atoms with Crippen molar-refractivity contribution >= 4 is 64.6 Å². The second-order valence-corrected chi connectivity index (χ2v) is 28.5. The molecule has 0 aliphatic heterocycles. The van der Waals surface area contributed by atoms with Crippen LogP contribution in [0.2, 0.25) is 0 Å². The van der Waals surface area contributed by atoms with Crippen molar-refractivity contribution in [2.24, 2.45) is 0 Å². The molecule has 95 heavy (non-hydrogen) atoms. The molecule has 16 aromatic rings. The number of rotatable bonds is 7. The summed E-state index contributed by atoms with van der Waals surface area (Å²) in [6.07, 6.45) is 0. The van der Waals surface area contributed by atoms with Gasteiger partial charge in [-0.1, -0.05) is 284 Å². The van der Waals surface area contributed by atoms with Gasteiger partial charge in [0.1, 0.15) is 5.75 Å². The van der Waals surface area contributed by atoms with E-state index in [1.54, 1.807) is 7.11 Å². The molecule has 0 saturated heterocycles. The average molecular weight is 1210 g/mol. The molecule has 19 rings (SSSR count). The molecule has 3 aliphatic rings. The topological polar surface area (TPSA) is 9.23 Å². The van der Waals surface area contributed by atoms with Crippen molar-refractivity contribution < 1.29 is 4.74 Å². The quantitative estimate of drug-likeness (QED) is 0.145. The Bertz CT molecular complexity index is 5860. The van der Waals surface area contributed by atoms with Crippen molar-refractivity contribution in [1.29, 1.82) is 0 Å². The molecule has 0 atom stereocenters. The van der Waals surface area contributed by atoms with Crippen LogP contribution in [-0.2, 0) is 16.2 Å². The summed E-state index contributed by atoms with van der Waals surface area (Å²) in [6, 6.07) is 108. The van der Waals surface area contributed by atoms with Crippen molar-refractivity contribution in [2.45, 2.75) is 57.8 Å². The molecule has 450 valence electrons. The lowest BCUT2D eigenvalue weighted by molar-refractivity contribution is 0.415. The summed E-state index contributed by atoms with van der Waals surface area (Å²) in [5.41, 5.74) is 30.7. The van der Waals surface area contributed by atoms with E-state index in [0.717, 1.165) is 5.75 Å². The van der Waals surface area contributed by atoms with Gasteiger partial charge < -0.3 is 4.74 Å². The second-order valence-electron chi connectivity index (χ2n) is 28.5. The number of hydrogen-bond donors (Lipinski definition) is 0. The van der Waals surface area contributed by atoms with Gasteiger partial charge in [0.25, 0.3) is 0 Å². The second kappa shape index (κ2) is 20.2. The van der Waals surface area contributed by atoms with Gasteiger partial charge in [0.2, 0.25) is 0 Å². The Hall–Kier alpha value is -11.1. The summed E-state index contributed by atoms with van der Waals surface area (Å²) in [5.74, 6) is 0.857. The van der Waals surface area contributed by atoms with Crippen LogP contribution in [0.4, 0.5) is 0 Å². The number of methoxy groups -OCH3 is 1. The van der Waals surface area contributed by atoms with Gasteiger partial charge in [-0.15, -0.1) is 0 Å². The van der Waals surface area contributed by atoms with Crippen LogP contribution in [0, 0.1) is 0 Å². The number of hydrogen-bond acceptors (Lipinski definition) is 1. The van der Waals surface area contributed by atoms with E-state index in [0.29, 0.717) is 0 Å². The summed E-state index contributed by atoms with van der Waals surface area (Å²) < 4.78 is 5.58. The van der Waals surface area contributed by atoms with Crippen LogP contribution in [0.5, 0.6) is 5.75 Å². The highest BCUT2D eigenvalue weighted by Gasteiger charge is 2.40. The molecule has 3 aliphatic carbocycles. The summed E-state index contributed by atoms with van der Waals surface area (Å²) in [4.78, 5) is 0. The first kappa shape index (κ1) is 55.5. The molecule has 1 nitrogen and oxygen atoms in total. The van der Waals surface area contributed by atoms with E-state index in [9.17, 15) is 0 Å². The molecule has 0 aromatic heterocycles. The summed E-state index contributed by atoms with van der Waals surface area (Å²) >= 11 is 0. The minimum absolute atomic E-state index is 0.108. The largest absolute Gasteiger partial charge is 0.497 e. The molecule has 16 aromatic carbocycles. The van der Waals surface area contributed by atoms with Crippen LogP contribution in [0.1, 0.15) is 74.9 Å². The minimum atomic E-state index is -0.260. The fourth-order valence-corrected chi connectivity index (χ4v) is 17.9. The lowest BCUT2D eigenvalue weighted by Gasteiger charge is -2.25. The first-order valence-corrected chi connectivity index (χ1v) is 33.7. The van der Waals surface area contributed by atoms with Crippen LogP contribution >= 0.6 is 0 Å². The third-order valence-corrected chi connectivity index (χ3v) is 22.6. The van der Waals surface area contributed by atoms with Gasteiger partial charge in [-0.25, -0.2) is 0 Å². The number of fused-ring (bicyclic) bond motifs is 15. The van der Waals surface area contributed by atoms with Crippen LogP contribution in [0.25, 0.3) is 165 Å². The summed E-state index contributed by atoms with van der Waals surface area (Å²) in [5, 5.41) is 15.1. The zero-order chi connectivity index (χ0) is 63.8. The lowest BCUT2D eigenvalue weighted by Crippen LogP contribution is -2.15. The van der Waals surface area contributed by atoms with Gasteiger partial charge in [0, 0.05) is 16.2 Å². The molecular formula is C94H68O. The molecule has 0 spiro atoms. The molecule has 0 fully saturated rings. The average Bonchev–Trinajstić information content (AvgIpc) is 1.12. The molecule has 0 radical (unpaired) electrons. The molecule has 0 saturated carbocycles. The maximum absolute atomic E-state index is 5.58. The molecule has 0 N–H and O–H groups in total. The van der Waals surface area contributed by atoms with Crippen molar-refractivity contribution in [3.05, 3.63) is 318 Å².